The number of hydrogen-bond donors (Lipinski definition) is 3. The van der Waals surface area contributed by atoms with Gasteiger partial charge in [-0.3, -0.25) is 0 Å². The Kier molecular flexibility index (Phi) is 5.63. The van der Waals surface area contributed by atoms with Gasteiger partial charge < -0.3 is 15.7 Å². The summed E-state index contributed by atoms with van der Waals surface area (Å²) in [4.78, 5) is 22.8. The minimum absolute atomic E-state index is 0.112. The highest BCUT2D eigenvalue weighted by Crippen LogP contribution is 2.19. The molecule has 0 radical (unpaired) electrons. The Morgan fingerprint density at radius 2 is 1.90 bits per heavy atom. The van der Waals surface area contributed by atoms with Gasteiger partial charge in [0.05, 0.1) is 5.69 Å². The first-order chi connectivity index (χ1) is 9.76. The summed E-state index contributed by atoms with van der Waals surface area (Å²) in [5.74, 6) is -2.94. The molecule has 0 aliphatic rings. The van der Waals surface area contributed by atoms with Gasteiger partial charge in [-0.15, -0.1) is 0 Å². The van der Waals surface area contributed by atoms with Crippen molar-refractivity contribution in [2.45, 2.75) is 33.2 Å². The summed E-state index contributed by atoms with van der Waals surface area (Å²) < 4.78 is 26.9. The van der Waals surface area contributed by atoms with E-state index in [1.54, 1.807) is 13.8 Å². The lowest BCUT2D eigenvalue weighted by Crippen LogP contribution is -2.46. The van der Waals surface area contributed by atoms with Gasteiger partial charge in [0.2, 0.25) is 0 Å². The predicted molar refractivity (Wildman–Crippen MR) is 74.1 cm³/mol. The Labute approximate surface area is 121 Å². The van der Waals surface area contributed by atoms with E-state index in [1.807, 2.05) is 0 Å². The molecule has 21 heavy (non-hydrogen) atoms. The van der Waals surface area contributed by atoms with E-state index in [1.165, 1.54) is 6.92 Å². The van der Waals surface area contributed by atoms with Gasteiger partial charge in [-0.2, -0.15) is 0 Å². The second-order valence-electron chi connectivity index (χ2n) is 4.88. The van der Waals surface area contributed by atoms with E-state index in [0.29, 0.717) is 6.42 Å². The SMILES string of the molecule is CC[C@H](C)[C@H](NC(=O)Nc1cc(F)c(C)cc1F)C(=O)O. The van der Waals surface area contributed by atoms with Crippen molar-refractivity contribution >= 4 is 17.7 Å². The summed E-state index contributed by atoms with van der Waals surface area (Å²) in [5, 5.41) is 13.4. The first-order valence-electron chi connectivity index (χ1n) is 6.52. The third-order valence-corrected chi connectivity index (χ3v) is 3.26. The second-order valence-corrected chi connectivity index (χ2v) is 4.88. The maximum atomic E-state index is 13.6. The number of amides is 2. The van der Waals surface area contributed by atoms with Crippen LogP contribution in [0.15, 0.2) is 12.1 Å². The summed E-state index contributed by atoms with van der Waals surface area (Å²) in [6.07, 6.45) is 0.546. The molecule has 5 nitrogen and oxygen atoms in total. The van der Waals surface area contributed by atoms with Gasteiger partial charge in [-0.05, 0) is 24.5 Å². The van der Waals surface area contributed by atoms with Crippen molar-refractivity contribution in [3.8, 4) is 0 Å². The average molecular weight is 300 g/mol. The molecule has 0 aromatic heterocycles. The van der Waals surface area contributed by atoms with Crippen molar-refractivity contribution in [2.75, 3.05) is 5.32 Å². The first-order valence-corrected chi connectivity index (χ1v) is 6.52. The van der Waals surface area contributed by atoms with E-state index in [9.17, 15) is 18.4 Å². The van der Waals surface area contributed by atoms with Gasteiger partial charge in [0.1, 0.15) is 17.7 Å². The van der Waals surface area contributed by atoms with E-state index in [-0.39, 0.29) is 17.2 Å². The van der Waals surface area contributed by atoms with Crippen molar-refractivity contribution in [1.82, 2.24) is 5.32 Å². The van der Waals surface area contributed by atoms with Crippen LogP contribution in [0.1, 0.15) is 25.8 Å². The zero-order valence-electron chi connectivity index (χ0n) is 12.0. The maximum absolute atomic E-state index is 13.6. The molecule has 0 aliphatic carbocycles. The zero-order valence-corrected chi connectivity index (χ0v) is 12.0. The number of carbonyl (C=O) groups excluding carboxylic acids is 1. The van der Waals surface area contributed by atoms with Crippen LogP contribution in [0, 0.1) is 24.5 Å². The van der Waals surface area contributed by atoms with E-state index < -0.39 is 29.7 Å². The number of carboxylic acids is 1. The van der Waals surface area contributed by atoms with E-state index >= 15 is 0 Å². The highest BCUT2D eigenvalue weighted by atomic mass is 19.1. The van der Waals surface area contributed by atoms with Crippen LogP contribution in [0.5, 0.6) is 0 Å². The summed E-state index contributed by atoms with van der Waals surface area (Å²) in [6.45, 7) is 4.85. The maximum Gasteiger partial charge on any atom is 0.326 e. The highest BCUT2D eigenvalue weighted by molar-refractivity contribution is 5.92. The number of aliphatic carboxylic acids is 1. The van der Waals surface area contributed by atoms with Gasteiger partial charge in [-0.25, -0.2) is 18.4 Å². The van der Waals surface area contributed by atoms with Crippen molar-refractivity contribution in [2.24, 2.45) is 5.92 Å². The molecule has 1 rings (SSSR count). The molecule has 0 aliphatic heterocycles. The summed E-state index contributed by atoms with van der Waals surface area (Å²) in [5.41, 5.74) is -0.231. The number of rotatable bonds is 5. The molecule has 0 unspecified atom stereocenters. The van der Waals surface area contributed by atoms with Crippen LogP contribution in [0.2, 0.25) is 0 Å². The first kappa shape index (κ1) is 16.9. The quantitative estimate of drug-likeness (QED) is 0.782. The van der Waals surface area contributed by atoms with Crippen LogP contribution in [-0.2, 0) is 4.79 Å². The van der Waals surface area contributed by atoms with Crippen LogP contribution < -0.4 is 10.6 Å². The largest absolute Gasteiger partial charge is 0.480 e. The lowest BCUT2D eigenvalue weighted by Gasteiger charge is -2.20. The smallest absolute Gasteiger partial charge is 0.326 e. The van der Waals surface area contributed by atoms with Crippen LogP contribution in [0.4, 0.5) is 19.3 Å². The minimum atomic E-state index is -1.19. The van der Waals surface area contributed by atoms with Gasteiger partial charge in [0.15, 0.2) is 0 Å². The molecular formula is C14H18F2N2O3. The molecule has 116 valence electrons. The Balaban J connectivity index is 2.81. The van der Waals surface area contributed by atoms with Gasteiger partial charge in [0, 0.05) is 6.07 Å². The molecule has 2 amide bonds. The van der Waals surface area contributed by atoms with Crippen LogP contribution >= 0.6 is 0 Å². The number of aryl methyl sites for hydroxylation is 1. The fourth-order valence-electron chi connectivity index (χ4n) is 1.72. The van der Waals surface area contributed by atoms with Crippen LogP contribution in [0.25, 0.3) is 0 Å². The van der Waals surface area contributed by atoms with Gasteiger partial charge in [0.25, 0.3) is 0 Å². The number of nitrogens with one attached hydrogen (secondary N) is 2. The van der Waals surface area contributed by atoms with Gasteiger partial charge >= 0.3 is 12.0 Å². The Morgan fingerprint density at radius 1 is 1.29 bits per heavy atom. The molecule has 1 aromatic rings. The molecule has 1 aromatic carbocycles. The van der Waals surface area contributed by atoms with Crippen molar-refractivity contribution < 1.29 is 23.5 Å². The summed E-state index contributed by atoms with van der Waals surface area (Å²) in [7, 11) is 0. The topological polar surface area (TPSA) is 78.4 Å². The molecular weight excluding hydrogens is 282 g/mol. The standard InChI is InChI=1S/C14H18F2N2O3/c1-4-7(2)12(13(19)20)18-14(21)17-11-6-9(15)8(3)5-10(11)16/h5-7,12H,4H2,1-3H3,(H,19,20)(H2,17,18,21)/t7-,12-/m0/s1. The number of carbonyl (C=O) groups is 2. The number of halogens is 2. The van der Waals surface area contributed by atoms with Crippen LogP contribution in [0.3, 0.4) is 0 Å². The predicted octanol–water partition coefficient (Wildman–Crippen LogP) is 2.89. The van der Waals surface area contributed by atoms with E-state index in [4.69, 9.17) is 5.11 Å². The molecule has 0 heterocycles. The van der Waals surface area contributed by atoms with Gasteiger partial charge in [-0.1, -0.05) is 20.3 Å². The Bertz CT molecular complexity index is 549. The molecule has 0 fully saturated rings. The van der Waals surface area contributed by atoms with Crippen LogP contribution in [-0.4, -0.2) is 23.1 Å². The van der Waals surface area contributed by atoms with Crippen molar-refractivity contribution in [3.05, 3.63) is 29.3 Å². The molecule has 0 saturated heterocycles. The zero-order chi connectivity index (χ0) is 16.2. The van der Waals surface area contributed by atoms with Crippen molar-refractivity contribution in [3.63, 3.8) is 0 Å². The lowest BCUT2D eigenvalue weighted by atomic mass is 9.99. The number of carboxylic acid groups (broad SMARTS) is 1. The third kappa shape index (κ3) is 4.40. The number of benzene rings is 1. The summed E-state index contributed by atoms with van der Waals surface area (Å²) in [6, 6.07) is -0.199. The number of anilines is 1. The highest BCUT2D eigenvalue weighted by Gasteiger charge is 2.25. The van der Waals surface area contributed by atoms with Crippen molar-refractivity contribution in [1.29, 1.82) is 0 Å². The Hall–Kier alpha value is -2.18. The molecule has 0 saturated carbocycles. The number of urea groups is 1. The second kappa shape index (κ2) is 7.01. The monoisotopic (exact) mass is 300 g/mol. The molecule has 2 atom stereocenters. The number of hydrogen-bond acceptors (Lipinski definition) is 2. The normalized spacial score (nSPS) is 13.4. The average Bonchev–Trinajstić information content (AvgIpc) is 2.41. The van der Waals surface area contributed by atoms with E-state index in [2.05, 4.69) is 10.6 Å². The Morgan fingerprint density at radius 3 is 2.43 bits per heavy atom. The molecule has 7 heteroatoms. The lowest BCUT2D eigenvalue weighted by molar-refractivity contribution is -0.140. The third-order valence-electron chi connectivity index (χ3n) is 3.26. The minimum Gasteiger partial charge on any atom is -0.480 e. The fourth-order valence-corrected chi connectivity index (χ4v) is 1.72. The molecule has 0 spiro atoms. The molecule has 3 N–H and O–H groups in total. The van der Waals surface area contributed by atoms with E-state index in [0.717, 1.165) is 12.1 Å². The molecule has 0 bridgehead atoms. The summed E-state index contributed by atoms with van der Waals surface area (Å²) >= 11 is 0. The fraction of sp³-hybridized carbons (Fsp3) is 0.429.